The summed E-state index contributed by atoms with van der Waals surface area (Å²) in [4.78, 5) is 0. The van der Waals surface area contributed by atoms with E-state index in [9.17, 15) is 0 Å². The Balaban J connectivity index is -0.0000000362. The summed E-state index contributed by atoms with van der Waals surface area (Å²) in [5.74, 6) is 0. The minimum atomic E-state index is 0. The maximum Gasteiger partial charge on any atom is 1.00 e. The topological polar surface area (TPSA) is 27.7 Å². The molecule has 0 aromatic heterocycles. The van der Waals surface area contributed by atoms with Crippen LogP contribution in [0.1, 0.15) is 53.1 Å². The van der Waals surface area contributed by atoms with Crippen molar-refractivity contribution < 1.29 is 91.1 Å². The van der Waals surface area contributed by atoms with Gasteiger partial charge >= 0.3 is 75.4 Å². The van der Waals surface area contributed by atoms with Crippen LogP contribution in [-0.2, 0) is 14.2 Å². The Labute approximate surface area is 274 Å². The van der Waals surface area contributed by atoms with Crippen molar-refractivity contribution in [3.63, 3.8) is 0 Å². The summed E-state index contributed by atoms with van der Waals surface area (Å²) in [6.07, 6.45) is 7.56. The van der Waals surface area contributed by atoms with Crippen molar-refractivity contribution in [2.24, 2.45) is 0 Å². The minimum Gasteiger partial charge on any atom is -1.00 e. The van der Waals surface area contributed by atoms with Crippen LogP contribution < -0.4 is 75.4 Å². The van der Waals surface area contributed by atoms with E-state index in [0.717, 1.165) is 31.8 Å². The quantitative estimate of drug-likeness (QED) is 0.261. The predicted octanol–water partition coefficient (Wildman–Crippen LogP) is -3.24. The van der Waals surface area contributed by atoms with Gasteiger partial charge in [0, 0.05) is 19.8 Å². The van der Waals surface area contributed by atoms with Crippen LogP contribution in [0.15, 0.2) is 86.3 Å². The third-order valence-electron chi connectivity index (χ3n) is 3.51. The first-order valence-electron chi connectivity index (χ1n) is 9.97. The molecule has 0 spiro atoms. The zero-order valence-electron chi connectivity index (χ0n) is 23.8. The molecule has 0 bridgehead atoms. The Bertz CT molecular complexity index is 530. The molecule has 4 rings (SSSR count). The fraction of sp³-hybridized carbons (Fsp3) is 0.345. The van der Waals surface area contributed by atoms with Crippen molar-refractivity contribution in [1.29, 1.82) is 0 Å². The van der Waals surface area contributed by atoms with Gasteiger partial charge in [-0.2, -0.15) is 31.0 Å². The summed E-state index contributed by atoms with van der Waals surface area (Å²) in [5.41, 5.74) is 2.39. The van der Waals surface area contributed by atoms with Gasteiger partial charge in [-0.25, -0.2) is 6.61 Å². The van der Waals surface area contributed by atoms with Gasteiger partial charge in [-0.1, -0.05) is 76.4 Å². The van der Waals surface area contributed by atoms with Gasteiger partial charge in [-0.3, -0.25) is 0 Å². The van der Waals surface area contributed by atoms with E-state index >= 15 is 0 Å². The molecule has 0 N–H and O–H groups in total. The van der Waals surface area contributed by atoms with Gasteiger partial charge in [0.05, 0.1) is 12.5 Å². The first kappa shape index (κ1) is 56.2. The molecule has 3 nitrogen and oxygen atoms in total. The van der Waals surface area contributed by atoms with Crippen LogP contribution in [0.2, 0.25) is 0 Å². The zero-order chi connectivity index (χ0) is 21.4. The van der Waals surface area contributed by atoms with Crippen molar-refractivity contribution in [2.75, 3.05) is 19.8 Å². The van der Waals surface area contributed by atoms with E-state index in [1.165, 1.54) is 37.4 Å². The Hall–Kier alpha value is -0.100. The molecule has 0 radical (unpaired) electrons. The second-order valence-electron chi connectivity index (χ2n) is 6.11. The van der Waals surface area contributed by atoms with Crippen molar-refractivity contribution >= 4 is 0 Å². The summed E-state index contributed by atoms with van der Waals surface area (Å²) in [6, 6.07) is 20.1. The molecule has 0 unspecified atom stereocenters. The number of benzene rings is 2. The van der Waals surface area contributed by atoms with E-state index < -0.39 is 0 Å². The van der Waals surface area contributed by atoms with Crippen LogP contribution >= 0.6 is 0 Å². The fourth-order valence-electron chi connectivity index (χ4n) is 2.01. The number of rotatable bonds is 2. The Kier molecular flexibility index (Phi) is 74.9. The van der Waals surface area contributed by atoms with Gasteiger partial charge in [0.15, 0.2) is 0 Å². The number of aryl methyl sites for hydroxylation is 1. The van der Waals surface area contributed by atoms with E-state index in [2.05, 4.69) is 43.9 Å². The maximum atomic E-state index is 4.94. The van der Waals surface area contributed by atoms with Crippen molar-refractivity contribution in [3.05, 3.63) is 118 Å². The van der Waals surface area contributed by atoms with Gasteiger partial charge in [0.1, 0.15) is 0 Å². The van der Waals surface area contributed by atoms with E-state index in [0.29, 0.717) is 0 Å². The molecule has 2 aromatic carbocycles. The molecule has 2 aliphatic heterocycles. The van der Waals surface area contributed by atoms with Crippen molar-refractivity contribution in [2.45, 2.75) is 47.5 Å². The van der Waals surface area contributed by atoms with Gasteiger partial charge in [0.25, 0.3) is 0 Å². The fourth-order valence-corrected chi connectivity index (χ4v) is 2.01. The standard InChI is InChI=1S/C7H8.C7H7.C4H8O.C4H7O.C4H6O.2CH4.CH3.4Li.H/c2*1-7-5-3-2-4-6-7;2*1-2-4-5-3-1;1-3-5-4-2;;;;;;;;/h2-6H,1H3;2-6H,1H2;1-4H2;3H,1-2,4H2;3-4H,1-2H2;2*1H4;1H3;;;;;/q;-1;;-1;;;;-1;4*+1;-1. The molecule has 7 heteroatoms. The van der Waals surface area contributed by atoms with Crippen LogP contribution in [0, 0.1) is 27.9 Å². The van der Waals surface area contributed by atoms with E-state index in [1.54, 1.807) is 0 Å². The molecule has 2 heterocycles. The van der Waals surface area contributed by atoms with Gasteiger partial charge < -0.3 is 23.1 Å². The Morgan fingerprint density at radius 2 is 1.25 bits per heavy atom. The van der Waals surface area contributed by atoms with E-state index in [-0.39, 0.29) is 99.1 Å². The Morgan fingerprint density at radius 3 is 1.39 bits per heavy atom. The molecular weight excluding hydrogens is 424 g/mol. The van der Waals surface area contributed by atoms with Crippen molar-refractivity contribution in [3.8, 4) is 0 Å². The summed E-state index contributed by atoms with van der Waals surface area (Å²) in [5, 5.41) is 0. The van der Waals surface area contributed by atoms with Gasteiger partial charge in [0.2, 0.25) is 0 Å². The van der Waals surface area contributed by atoms with Crippen LogP contribution in [0.3, 0.4) is 0 Å². The molecule has 0 amide bonds. The molecule has 186 valence electrons. The average Bonchev–Trinajstić information content (AvgIpc) is 3.50. The maximum absolute atomic E-state index is 4.94. The van der Waals surface area contributed by atoms with Gasteiger partial charge in [-0.15, -0.1) is 12.1 Å². The van der Waals surface area contributed by atoms with E-state index in [4.69, 9.17) is 9.47 Å². The third kappa shape index (κ3) is 47.1. The minimum absolute atomic E-state index is 0. The average molecular weight is 472 g/mol. The molecular formula is C29H48Li4O3. The summed E-state index contributed by atoms with van der Waals surface area (Å²) < 4.78 is 14.1. The largest absolute Gasteiger partial charge is 1.00 e. The first-order chi connectivity index (χ1) is 14.2. The van der Waals surface area contributed by atoms with Crippen LogP contribution in [0.4, 0.5) is 0 Å². The SMILES string of the molecule is C.C.C1CCOC1.C=COC=C.Cc1ccccc1.[CH-]1CCCO1.[CH2-]c1ccccc1.[CH3-].[H-].[Li+].[Li+].[Li+].[Li+]. The normalized spacial score (nSPS) is 10.8. The second-order valence-corrected chi connectivity index (χ2v) is 6.11. The number of hydrogen-bond acceptors (Lipinski definition) is 3. The molecule has 2 aliphatic rings. The van der Waals surface area contributed by atoms with Gasteiger partial charge in [-0.05, 0) is 19.8 Å². The van der Waals surface area contributed by atoms with Crippen LogP contribution in [0.25, 0.3) is 0 Å². The molecule has 2 fully saturated rings. The Morgan fingerprint density at radius 1 is 0.806 bits per heavy atom. The molecule has 2 saturated heterocycles. The van der Waals surface area contributed by atoms with Crippen LogP contribution in [0.5, 0.6) is 0 Å². The van der Waals surface area contributed by atoms with Crippen molar-refractivity contribution in [1.82, 2.24) is 0 Å². The summed E-state index contributed by atoms with van der Waals surface area (Å²) >= 11 is 0. The first-order valence-corrected chi connectivity index (χ1v) is 9.97. The van der Waals surface area contributed by atoms with Crippen LogP contribution in [-0.4, -0.2) is 19.8 Å². The molecule has 0 aliphatic carbocycles. The smallest absolute Gasteiger partial charge is 1.00 e. The number of ether oxygens (including phenoxy) is 3. The summed E-state index contributed by atoms with van der Waals surface area (Å²) in [6.45, 7) is 17.1. The monoisotopic (exact) mass is 472 g/mol. The second kappa shape index (κ2) is 48.0. The van der Waals surface area contributed by atoms with E-state index in [1.807, 2.05) is 55.1 Å². The zero-order valence-corrected chi connectivity index (χ0v) is 22.8. The number of hydrogen-bond donors (Lipinski definition) is 0. The molecule has 0 saturated carbocycles. The predicted molar refractivity (Wildman–Crippen MR) is 144 cm³/mol. The molecule has 2 aromatic rings. The molecule has 0 atom stereocenters. The third-order valence-corrected chi connectivity index (χ3v) is 3.51. The summed E-state index contributed by atoms with van der Waals surface area (Å²) in [7, 11) is 0. The molecule has 36 heavy (non-hydrogen) atoms.